The number of hydrogen-bond acceptors (Lipinski definition) is 4. The highest BCUT2D eigenvalue weighted by molar-refractivity contribution is 6.30. The van der Waals surface area contributed by atoms with Gasteiger partial charge in [0.2, 0.25) is 0 Å². The molecule has 0 aliphatic heterocycles. The van der Waals surface area contributed by atoms with E-state index in [2.05, 4.69) is 15.7 Å². The highest BCUT2D eigenvalue weighted by Gasteiger charge is 2.15. The number of urea groups is 1. The van der Waals surface area contributed by atoms with E-state index in [-0.39, 0.29) is 0 Å². The number of para-hydroxylation sites is 1. The molecule has 2 aromatic heterocycles. The number of methoxy groups -OCH3 is 1. The van der Waals surface area contributed by atoms with Crippen molar-refractivity contribution in [1.29, 1.82) is 0 Å². The average molecular weight is 422 g/mol. The van der Waals surface area contributed by atoms with Gasteiger partial charge in [-0.25, -0.2) is 9.78 Å². The molecule has 0 aliphatic carbocycles. The Labute approximate surface area is 178 Å². The van der Waals surface area contributed by atoms with Crippen LogP contribution in [-0.2, 0) is 0 Å². The summed E-state index contributed by atoms with van der Waals surface area (Å²) in [5.74, 6) is 1.76. The molecule has 152 valence electrons. The molecule has 0 saturated heterocycles. The van der Waals surface area contributed by atoms with Crippen molar-refractivity contribution in [2.24, 2.45) is 0 Å². The molecule has 0 radical (unpaired) electrons. The van der Waals surface area contributed by atoms with Crippen molar-refractivity contribution in [1.82, 2.24) is 14.8 Å². The molecule has 2 amide bonds. The Balaban J connectivity index is 1.68. The number of aryl methyl sites for hydroxylation is 2. The maximum atomic E-state index is 12.5. The zero-order valence-electron chi connectivity index (χ0n) is 16.7. The lowest BCUT2D eigenvalue weighted by Gasteiger charge is -2.12. The largest absolute Gasteiger partial charge is 0.494 e. The fourth-order valence-corrected chi connectivity index (χ4v) is 3.35. The molecule has 4 rings (SSSR count). The lowest BCUT2D eigenvalue weighted by atomic mass is 10.1. The van der Waals surface area contributed by atoms with Crippen LogP contribution in [0.3, 0.4) is 0 Å². The maximum Gasteiger partial charge on any atom is 0.324 e. The number of nitrogens with zero attached hydrogens (tertiary/aromatic N) is 3. The Kier molecular flexibility index (Phi) is 5.29. The van der Waals surface area contributed by atoms with Crippen molar-refractivity contribution in [3.05, 3.63) is 70.9 Å². The van der Waals surface area contributed by atoms with Crippen LogP contribution in [-0.4, -0.2) is 27.9 Å². The van der Waals surface area contributed by atoms with Gasteiger partial charge in [0.05, 0.1) is 12.8 Å². The van der Waals surface area contributed by atoms with Gasteiger partial charge in [-0.15, -0.1) is 0 Å². The van der Waals surface area contributed by atoms with Crippen LogP contribution >= 0.6 is 11.6 Å². The minimum absolute atomic E-state index is 0.395. The van der Waals surface area contributed by atoms with Gasteiger partial charge in [0.25, 0.3) is 0 Å². The molecule has 7 nitrogen and oxygen atoms in total. The number of rotatable bonds is 4. The van der Waals surface area contributed by atoms with E-state index in [4.69, 9.17) is 21.3 Å². The van der Waals surface area contributed by atoms with Crippen LogP contribution < -0.4 is 15.4 Å². The molecule has 4 aromatic rings. The minimum Gasteiger partial charge on any atom is -0.494 e. The van der Waals surface area contributed by atoms with Crippen molar-refractivity contribution in [2.45, 2.75) is 13.8 Å². The molecule has 2 heterocycles. The monoisotopic (exact) mass is 421 g/mol. The van der Waals surface area contributed by atoms with Crippen molar-refractivity contribution in [2.75, 3.05) is 17.7 Å². The number of aromatic nitrogens is 3. The lowest BCUT2D eigenvalue weighted by Crippen LogP contribution is -2.21. The third-order valence-electron chi connectivity index (χ3n) is 4.61. The summed E-state index contributed by atoms with van der Waals surface area (Å²) in [4.78, 5) is 17.2. The highest BCUT2D eigenvalue weighted by atomic mass is 35.5. The number of carbonyl (C=O) groups excluding carboxylic acids is 1. The molecular weight excluding hydrogens is 402 g/mol. The van der Waals surface area contributed by atoms with Gasteiger partial charge in [-0.1, -0.05) is 23.7 Å². The molecule has 0 bridgehead atoms. The second-order valence-corrected chi connectivity index (χ2v) is 7.26. The topological polar surface area (TPSA) is 81.1 Å². The zero-order valence-corrected chi connectivity index (χ0v) is 17.5. The SMILES string of the molecule is COc1cccc2c(C)cc(-n3nc(C)cc3NC(=O)Nc3ccc(Cl)cc3)nc12. The number of nitrogens with one attached hydrogen (secondary N) is 2. The van der Waals surface area contributed by atoms with Crippen molar-refractivity contribution in [3.63, 3.8) is 0 Å². The van der Waals surface area contributed by atoms with E-state index in [1.54, 1.807) is 42.1 Å². The normalized spacial score (nSPS) is 10.8. The number of amides is 2. The summed E-state index contributed by atoms with van der Waals surface area (Å²) in [5.41, 5.74) is 3.14. The molecular formula is C22H20ClN5O2. The molecule has 0 atom stereocenters. The molecule has 0 unspecified atom stereocenters. The molecule has 8 heteroatoms. The number of anilines is 2. The van der Waals surface area contributed by atoms with Gasteiger partial charge in [0, 0.05) is 22.2 Å². The second kappa shape index (κ2) is 8.04. The van der Waals surface area contributed by atoms with Crippen LogP contribution in [0.4, 0.5) is 16.3 Å². The number of carbonyl (C=O) groups is 1. The summed E-state index contributed by atoms with van der Waals surface area (Å²) in [6.07, 6.45) is 0. The van der Waals surface area contributed by atoms with Gasteiger partial charge in [0.15, 0.2) is 5.82 Å². The van der Waals surface area contributed by atoms with Crippen LogP contribution in [0.5, 0.6) is 5.75 Å². The maximum absolute atomic E-state index is 12.5. The summed E-state index contributed by atoms with van der Waals surface area (Å²) < 4.78 is 7.07. The Morgan fingerprint density at radius 1 is 1.07 bits per heavy atom. The molecule has 2 N–H and O–H groups in total. The Hall–Kier alpha value is -3.58. The Morgan fingerprint density at radius 3 is 2.57 bits per heavy atom. The predicted molar refractivity (Wildman–Crippen MR) is 119 cm³/mol. The van der Waals surface area contributed by atoms with Gasteiger partial charge >= 0.3 is 6.03 Å². The smallest absolute Gasteiger partial charge is 0.324 e. The first-order valence-electron chi connectivity index (χ1n) is 9.29. The molecule has 30 heavy (non-hydrogen) atoms. The van der Waals surface area contributed by atoms with Crippen LogP contribution in [0.2, 0.25) is 5.02 Å². The third kappa shape index (κ3) is 3.92. The van der Waals surface area contributed by atoms with Crippen molar-refractivity contribution in [3.8, 4) is 11.6 Å². The average Bonchev–Trinajstić information content (AvgIpc) is 3.09. The van der Waals surface area contributed by atoms with Gasteiger partial charge in [-0.3, -0.25) is 5.32 Å². The quantitative estimate of drug-likeness (QED) is 0.465. The summed E-state index contributed by atoms with van der Waals surface area (Å²) in [6.45, 7) is 3.86. The number of hydrogen-bond donors (Lipinski definition) is 2. The van der Waals surface area contributed by atoms with E-state index in [9.17, 15) is 4.79 Å². The first kappa shape index (κ1) is 19.7. The van der Waals surface area contributed by atoms with Crippen LogP contribution in [0.25, 0.3) is 16.7 Å². The van der Waals surface area contributed by atoms with Gasteiger partial charge in [0.1, 0.15) is 17.1 Å². The third-order valence-corrected chi connectivity index (χ3v) is 4.86. The number of pyridine rings is 1. The Morgan fingerprint density at radius 2 is 1.83 bits per heavy atom. The molecule has 0 saturated carbocycles. The van der Waals surface area contributed by atoms with Crippen LogP contribution in [0, 0.1) is 13.8 Å². The summed E-state index contributed by atoms with van der Waals surface area (Å²) in [6, 6.07) is 16.0. The van der Waals surface area contributed by atoms with E-state index < -0.39 is 6.03 Å². The number of benzene rings is 2. The summed E-state index contributed by atoms with van der Waals surface area (Å²) in [5, 5.41) is 11.7. The minimum atomic E-state index is -0.395. The summed E-state index contributed by atoms with van der Waals surface area (Å²) in [7, 11) is 1.62. The first-order chi connectivity index (χ1) is 14.4. The van der Waals surface area contributed by atoms with Crippen LogP contribution in [0.1, 0.15) is 11.3 Å². The predicted octanol–water partition coefficient (Wildman–Crippen LogP) is 5.34. The molecule has 2 aromatic carbocycles. The molecule has 0 aliphatic rings. The zero-order chi connectivity index (χ0) is 21.3. The van der Waals surface area contributed by atoms with Crippen molar-refractivity contribution < 1.29 is 9.53 Å². The standard InChI is InChI=1S/C22H20ClN5O2/c1-13-11-19(25-21-17(13)5-4-6-18(21)30-3)28-20(12-14(2)27-28)26-22(29)24-16-9-7-15(23)8-10-16/h4-12H,1-3H3,(H2,24,26,29). The second-order valence-electron chi connectivity index (χ2n) is 6.82. The van der Waals surface area contributed by atoms with E-state index in [1.807, 2.05) is 38.1 Å². The van der Waals surface area contributed by atoms with Gasteiger partial charge in [-0.2, -0.15) is 9.78 Å². The van der Waals surface area contributed by atoms with Gasteiger partial charge in [-0.05, 0) is 55.8 Å². The molecule has 0 fully saturated rings. The van der Waals surface area contributed by atoms with Crippen LogP contribution in [0.15, 0.2) is 54.6 Å². The molecule has 0 spiro atoms. The lowest BCUT2D eigenvalue weighted by molar-refractivity contribution is 0.262. The number of halogens is 1. The first-order valence-corrected chi connectivity index (χ1v) is 9.67. The van der Waals surface area contributed by atoms with Gasteiger partial charge < -0.3 is 10.1 Å². The summed E-state index contributed by atoms with van der Waals surface area (Å²) >= 11 is 5.89. The van der Waals surface area contributed by atoms with E-state index in [1.165, 1.54) is 0 Å². The van der Waals surface area contributed by atoms with E-state index >= 15 is 0 Å². The van der Waals surface area contributed by atoms with E-state index in [0.717, 1.165) is 22.2 Å². The highest BCUT2D eigenvalue weighted by Crippen LogP contribution is 2.28. The fourth-order valence-electron chi connectivity index (χ4n) is 3.22. The van der Waals surface area contributed by atoms with Crippen molar-refractivity contribution >= 4 is 40.0 Å². The Bertz CT molecular complexity index is 1230. The van der Waals surface area contributed by atoms with E-state index in [0.29, 0.717) is 28.1 Å². The fraction of sp³-hybridized carbons (Fsp3) is 0.136. The number of ether oxygens (including phenoxy) is 1. The number of fused-ring (bicyclic) bond motifs is 1.